The number of halogens is 4. The van der Waals surface area contributed by atoms with Gasteiger partial charge in [-0.2, -0.15) is 0 Å². The second-order valence-corrected chi connectivity index (χ2v) is 9.12. The van der Waals surface area contributed by atoms with Gasteiger partial charge in [-0.1, -0.05) is 0 Å². The molecular weight excluding hydrogens is 590 g/mol. The maximum Gasteiger partial charge on any atom is 0.214 e. The molecule has 37 heavy (non-hydrogen) atoms. The molecule has 0 amide bonds. The van der Waals surface area contributed by atoms with Gasteiger partial charge in [-0.25, -0.2) is 0 Å². The van der Waals surface area contributed by atoms with Gasteiger partial charge in [-0.3, -0.25) is 0 Å². The average Bonchev–Trinajstić information content (AvgIpc) is 2.79. The fourth-order valence-electron chi connectivity index (χ4n) is 4.59. The molecule has 1 saturated carbocycles. The van der Waals surface area contributed by atoms with Crippen molar-refractivity contribution >= 4 is 0 Å². The van der Waals surface area contributed by atoms with E-state index in [0.717, 1.165) is 0 Å². The van der Waals surface area contributed by atoms with E-state index in [1.54, 1.807) is 0 Å². The summed E-state index contributed by atoms with van der Waals surface area (Å²) in [6, 6.07) is -1.86. The molecular formula is C18H40Cl4N4O11. The first-order valence-electron chi connectivity index (χ1n) is 11.1. The molecule has 226 valence electrons. The van der Waals surface area contributed by atoms with Crippen LogP contribution in [0.3, 0.4) is 0 Å². The van der Waals surface area contributed by atoms with Crippen LogP contribution in [0.2, 0.25) is 0 Å². The van der Waals surface area contributed by atoms with Crippen molar-refractivity contribution in [2.24, 2.45) is 0 Å². The van der Waals surface area contributed by atoms with E-state index in [2.05, 4.69) is 22.9 Å². The minimum Gasteiger partial charge on any atom is -1.00 e. The molecule has 0 spiro atoms. The van der Waals surface area contributed by atoms with Crippen LogP contribution in [-0.4, -0.2) is 141 Å². The van der Waals surface area contributed by atoms with Crippen LogP contribution in [0.1, 0.15) is 6.42 Å². The molecule has 2 heterocycles. The molecule has 0 aromatic rings. The third kappa shape index (κ3) is 8.29. The van der Waals surface area contributed by atoms with E-state index in [1.165, 1.54) is 0 Å². The number of quaternary nitrogens is 4. The van der Waals surface area contributed by atoms with E-state index in [0.29, 0.717) is 6.42 Å². The Kier molecular flexibility index (Phi) is 18.0. The zero-order chi connectivity index (χ0) is 24.6. The summed E-state index contributed by atoms with van der Waals surface area (Å²) in [6.07, 6.45) is -14.9. The molecule has 0 radical (unpaired) electrons. The first-order valence-corrected chi connectivity index (χ1v) is 11.1. The molecule has 3 aliphatic rings. The van der Waals surface area contributed by atoms with Crippen LogP contribution in [0, 0.1) is 0 Å². The summed E-state index contributed by atoms with van der Waals surface area (Å²) in [5, 5.41) is 71.1. The maximum absolute atomic E-state index is 10.8. The van der Waals surface area contributed by atoms with Gasteiger partial charge in [0.05, 0.1) is 13.0 Å². The van der Waals surface area contributed by atoms with E-state index < -0.39 is 98.4 Å². The SMILES string of the molecule is [Cl-].[Cl-].[Cl-].[Cl-].[NH3+]C[C@H]1O[C@H](O[C@H]2[C@H](O[C@@H]3O[C@H](CO)[C@@H](O)[C@@H](O)[C@H]3O)[C@@H](O)[C@H]([NH3+])C[C@@H]2[NH3+])[C@H]([NH3+])[C@@H](O)[C@@H]1O. The Labute approximate surface area is 238 Å². The van der Waals surface area contributed by atoms with Crippen molar-refractivity contribution in [3.8, 4) is 0 Å². The largest absolute Gasteiger partial charge is 1.00 e. The summed E-state index contributed by atoms with van der Waals surface area (Å²) >= 11 is 0. The first-order chi connectivity index (χ1) is 15.5. The van der Waals surface area contributed by atoms with Gasteiger partial charge >= 0.3 is 0 Å². The van der Waals surface area contributed by atoms with Crippen molar-refractivity contribution < 1.29 is 127 Å². The van der Waals surface area contributed by atoms with E-state index in [1.807, 2.05) is 0 Å². The fourth-order valence-corrected chi connectivity index (χ4v) is 4.59. The van der Waals surface area contributed by atoms with Crippen molar-refractivity contribution in [3.05, 3.63) is 0 Å². The standard InChI is InChI=1S/C18H36N4O11.4ClH/c19-2-6-10(25)12(27)8(22)17(30-6)32-15-5(21)1-4(20)9(24)16(15)33-18-14(29)13(28)11(26)7(3-23)31-18;;;;/h4-18,23-29H,1-3,19-22H2;4*1H/t4-,5+,6-,7-,8-,9+,10-,11-,12-,13-,14-,15-,16-,17-,18+;;;;/m1..../s1. The quantitative estimate of drug-likeness (QED) is 0.131. The summed E-state index contributed by atoms with van der Waals surface area (Å²) in [5.74, 6) is 0. The second-order valence-electron chi connectivity index (χ2n) is 9.12. The Morgan fingerprint density at radius 3 is 1.68 bits per heavy atom. The van der Waals surface area contributed by atoms with Crippen LogP contribution in [0.25, 0.3) is 0 Å². The number of hydrogen-bond acceptors (Lipinski definition) is 11. The maximum atomic E-state index is 10.8. The Bertz CT molecular complexity index is 652. The molecule has 0 bridgehead atoms. The van der Waals surface area contributed by atoms with Gasteiger partial charge in [0.25, 0.3) is 0 Å². The van der Waals surface area contributed by atoms with E-state index in [-0.39, 0.29) is 56.2 Å². The molecule has 3 rings (SSSR count). The summed E-state index contributed by atoms with van der Waals surface area (Å²) in [4.78, 5) is 0. The zero-order valence-electron chi connectivity index (χ0n) is 19.9. The average molecular weight is 630 g/mol. The van der Waals surface area contributed by atoms with Crippen LogP contribution < -0.4 is 72.6 Å². The summed E-state index contributed by atoms with van der Waals surface area (Å²) < 4.78 is 23.0. The molecule has 2 saturated heterocycles. The van der Waals surface area contributed by atoms with E-state index in [4.69, 9.17) is 18.9 Å². The lowest BCUT2D eigenvalue weighted by Gasteiger charge is -2.46. The summed E-state index contributed by atoms with van der Waals surface area (Å²) in [7, 11) is 0. The smallest absolute Gasteiger partial charge is 0.214 e. The lowest BCUT2D eigenvalue weighted by atomic mass is 9.84. The van der Waals surface area contributed by atoms with Crippen molar-refractivity contribution in [2.45, 2.75) is 98.2 Å². The third-order valence-corrected chi connectivity index (χ3v) is 6.76. The topological polar surface area (TPSA) is 289 Å². The molecule has 0 aromatic heterocycles. The Morgan fingerprint density at radius 1 is 0.622 bits per heavy atom. The van der Waals surface area contributed by atoms with E-state index >= 15 is 0 Å². The van der Waals surface area contributed by atoms with Crippen molar-refractivity contribution in [1.29, 1.82) is 0 Å². The Balaban J connectivity index is 0. The molecule has 19 N–H and O–H groups in total. The minimum atomic E-state index is -1.68. The second kappa shape index (κ2) is 16.7. The van der Waals surface area contributed by atoms with Gasteiger partial charge in [0.2, 0.25) is 6.29 Å². The summed E-state index contributed by atoms with van der Waals surface area (Å²) in [6.45, 7) is -0.475. The highest BCUT2D eigenvalue weighted by Gasteiger charge is 2.54. The molecule has 15 nitrogen and oxygen atoms in total. The number of aliphatic hydroxyl groups excluding tert-OH is 7. The van der Waals surface area contributed by atoms with Gasteiger partial charge in [0.15, 0.2) is 12.3 Å². The molecule has 1 aliphatic carbocycles. The molecule has 0 unspecified atom stereocenters. The Morgan fingerprint density at radius 2 is 1.14 bits per heavy atom. The van der Waals surface area contributed by atoms with Crippen LogP contribution in [0.4, 0.5) is 0 Å². The number of aliphatic hydroxyl groups is 7. The van der Waals surface area contributed by atoms with E-state index in [9.17, 15) is 35.7 Å². The number of rotatable bonds is 6. The van der Waals surface area contributed by atoms with Gasteiger partial charge in [-0.15, -0.1) is 0 Å². The molecule has 2 aliphatic heterocycles. The third-order valence-electron chi connectivity index (χ3n) is 6.76. The Hall–Kier alpha value is 0.560. The minimum absolute atomic E-state index is 0. The lowest BCUT2D eigenvalue weighted by molar-refractivity contribution is -0.537. The zero-order valence-corrected chi connectivity index (χ0v) is 22.9. The normalized spacial score (nSPS) is 47.9. The highest BCUT2D eigenvalue weighted by Crippen LogP contribution is 2.30. The van der Waals surface area contributed by atoms with Gasteiger partial charge in [0.1, 0.15) is 79.7 Å². The van der Waals surface area contributed by atoms with Gasteiger partial charge in [-0.05, 0) is 0 Å². The monoisotopic (exact) mass is 628 g/mol. The molecule has 0 aromatic carbocycles. The fraction of sp³-hybridized carbons (Fsp3) is 1.00. The first kappa shape index (κ1) is 39.7. The lowest BCUT2D eigenvalue weighted by Crippen LogP contribution is -3.00. The van der Waals surface area contributed by atoms with Gasteiger partial charge < -0.3 is 127 Å². The van der Waals surface area contributed by atoms with Crippen molar-refractivity contribution in [1.82, 2.24) is 0 Å². The van der Waals surface area contributed by atoms with Crippen molar-refractivity contribution in [2.75, 3.05) is 13.2 Å². The van der Waals surface area contributed by atoms with Crippen LogP contribution >= 0.6 is 0 Å². The summed E-state index contributed by atoms with van der Waals surface area (Å²) in [5.41, 5.74) is 15.5. The van der Waals surface area contributed by atoms with Crippen LogP contribution in [0.5, 0.6) is 0 Å². The van der Waals surface area contributed by atoms with Crippen LogP contribution in [-0.2, 0) is 18.9 Å². The predicted molar refractivity (Wildman–Crippen MR) is 103 cm³/mol. The molecule has 19 heteroatoms. The van der Waals surface area contributed by atoms with Crippen molar-refractivity contribution in [3.63, 3.8) is 0 Å². The molecule has 15 atom stereocenters. The van der Waals surface area contributed by atoms with Crippen LogP contribution in [0.15, 0.2) is 0 Å². The predicted octanol–water partition coefficient (Wildman–Crippen LogP) is -22.1. The van der Waals surface area contributed by atoms with Gasteiger partial charge in [0, 0.05) is 0 Å². The highest BCUT2D eigenvalue weighted by molar-refractivity contribution is 4.97. The highest BCUT2D eigenvalue weighted by atomic mass is 35.5. The molecule has 3 fully saturated rings. The number of ether oxygens (including phenoxy) is 4. The number of hydrogen-bond donors (Lipinski definition) is 11.